The van der Waals surface area contributed by atoms with Gasteiger partial charge in [0.1, 0.15) is 36.8 Å². The second-order valence-corrected chi connectivity index (χ2v) is 12.9. The van der Waals surface area contributed by atoms with Gasteiger partial charge in [-0.15, -0.1) is 11.8 Å². The molecule has 15 heteroatoms. The van der Waals surface area contributed by atoms with E-state index in [0.29, 0.717) is 20.5 Å². The lowest BCUT2D eigenvalue weighted by atomic mass is 10.0. The summed E-state index contributed by atoms with van der Waals surface area (Å²) in [6, 6.07) is 9.76. The number of nitrogens with one attached hydrogen (secondary N) is 2. The summed E-state index contributed by atoms with van der Waals surface area (Å²) < 4.78 is 66.0. The van der Waals surface area contributed by atoms with Gasteiger partial charge in [-0.3, -0.25) is 4.79 Å². The molecule has 2 aromatic carbocycles. The van der Waals surface area contributed by atoms with Crippen LogP contribution >= 0.6 is 11.8 Å². The van der Waals surface area contributed by atoms with Crippen molar-refractivity contribution in [3.05, 3.63) is 66.0 Å². The molecule has 2 aromatic rings. The Morgan fingerprint density at radius 2 is 1.88 bits per heavy atom. The third kappa shape index (κ3) is 9.51. The Kier molecular flexibility index (Phi) is 11.3. The Labute approximate surface area is 254 Å². The molecule has 1 atom stereocenters. The fourth-order valence-electron chi connectivity index (χ4n) is 3.88. The Morgan fingerprint density at radius 3 is 2.51 bits per heavy atom. The molecule has 0 saturated carbocycles. The average Bonchev–Trinajstić information content (AvgIpc) is 2.93. The van der Waals surface area contributed by atoms with Gasteiger partial charge in [-0.05, 0) is 38.8 Å². The normalized spacial score (nSPS) is 14.5. The number of alkyl carbamates (subject to hydrolysis) is 1. The average molecular weight is 640 g/mol. The topological polar surface area (TPSA) is 150 Å². The largest absolute Gasteiger partial charge is 0.487 e. The number of nitrogens with zero attached hydrogens (tertiary/aromatic N) is 1. The number of halogens is 1. The number of hydrogen-bond donors (Lipinski definition) is 2. The molecule has 0 fully saturated rings. The van der Waals surface area contributed by atoms with E-state index in [1.807, 2.05) is 0 Å². The lowest BCUT2D eigenvalue weighted by Crippen LogP contribution is -2.47. The molecule has 0 aromatic heterocycles. The molecule has 1 aliphatic rings. The van der Waals surface area contributed by atoms with Crippen LogP contribution in [0.3, 0.4) is 0 Å². The van der Waals surface area contributed by atoms with E-state index in [1.165, 1.54) is 23.9 Å². The highest BCUT2D eigenvalue weighted by atomic mass is 32.2. The van der Waals surface area contributed by atoms with Gasteiger partial charge >= 0.3 is 28.4 Å². The number of hydrogen-bond acceptors (Lipinski definition) is 10. The number of ether oxygens (including phenoxy) is 4. The maximum absolute atomic E-state index is 16.5. The molecule has 0 spiro atoms. The number of thioether (sulfide) groups is 1. The molecule has 1 heterocycles. The van der Waals surface area contributed by atoms with Gasteiger partial charge in [-0.1, -0.05) is 43.0 Å². The van der Waals surface area contributed by atoms with Crippen LogP contribution in [0.4, 0.5) is 19.7 Å². The zero-order chi connectivity index (χ0) is 31.8. The first-order valence-corrected chi connectivity index (χ1v) is 15.5. The van der Waals surface area contributed by atoms with Crippen molar-refractivity contribution in [3.63, 3.8) is 0 Å². The molecule has 0 radical (unpaired) electrons. The Morgan fingerprint density at radius 1 is 1.19 bits per heavy atom. The summed E-state index contributed by atoms with van der Waals surface area (Å²) in [5.74, 6) is -1.92. The first kappa shape index (κ1) is 33.5. The minimum Gasteiger partial charge on any atom is -0.487 e. The van der Waals surface area contributed by atoms with Crippen molar-refractivity contribution in [2.75, 3.05) is 30.3 Å². The molecule has 43 heavy (non-hydrogen) atoms. The van der Waals surface area contributed by atoms with E-state index < -0.39 is 58.1 Å². The maximum Gasteiger partial charge on any atom is 0.422 e. The van der Waals surface area contributed by atoms with Crippen LogP contribution in [0.25, 0.3) is 0 Å². The molecule has 1 aliphatic heterocycles. The van der Waals surface area contributed by atoms with Crippen molar-refractivity contribution < 1.29 is 46.1 Å². The second kappa shape index (κ2) is 14.5. The molecular formula is C28H34FN3O9S2. The molecule has 2 amide bonds. The van der Waals surface area contributed by atoms with Crippen LogP contribution in [0.5, 0.6) is 5.75 Å². The summed E-state index contributed by atoms with van der Waals surface area (Å²) in [7, 11) is -3.93. The lowest BCUT2D eigenvalue weighted by Gasteiger charge is -2.31. The van der Waals surface area contributed by atoms with Crippen LogP contribution in [0.1, 0.15) is 31.9 Å². The quantitative estimate of drug-likeness (QED) is 0.209. The fourth-order valence-corrected chi connectivity index (χ4v) is 6.07. The molecule has 0 saturated heterocycles. The van der Waals surface area contributed by atoms with Crippen LogP contribution in [0, 0.1) is 5.82 Å². The van der Waals surface area contributed by atoms with Crippen molar-refractivity contribution in [3.8, 4) is 5.75 Å². The van der Waals surface area contributed by atoms with Crippen molar-refractivity contribution in [1.82, 2.24) is 10.0 Å². The number of amides is 2. The molecule has 2 N–H and O–H groups in total. The summed E-state index contributed by atoms with van der Waals surface area (Å²) in [5.41, 5.74) is -0.619. The van der Waals surface area contributed by atoms with E-state index in [4.69, 9.17) is 14.2 Å². The van der Waals surface area contributed by atoms with Gasteiger partial charge in [0.15, 0.2) is 5.82 Å². The molecule has 3 rings (SSSR count). The van der Waals surface area contributed by atoms with E-state index in [0.717, 1.165) is 7.11 Å². The monoisotopic (exact) mass is 639 g/mol. The third-order valence-electron chi connectivity index (χ3n) is 5.70. The molecular weight excluding hydrogens is 605 g/mol. The number of carbonyl (C=O) groups excluding carboxylic acids is 3. The van der Waals surface area contributed by atoms with Crippen molar-refractivity contribution in [2.45, 2.75) is 50.3 Å². The van der Waals surface area contributed by atoms with Crippen molar-refractivity contribution in [1.29, 1.82) is 0 Å². The number of esters is 1. The molecule has 0 unspecified atom stereocenters. The number of methoxy groups -OCH3 is 1. The Hall–Kier alpha value is -3.98. The summed E-state index contributed by atoms with van der Waals surface area (Å²) in [6.45, 7) is 7.12. The number of fused-ring (bicyclic) bond motifs is 1. The van der Waals surface area contributed by atoms with Gasteiger partial charge in [-0.2, -0.15) is 8.42 Å². The van der Waals surface area contributed by atoms with Crippen LogP contribution in [-0.2, 0) is 42.2 Å². The predicted octanol–water partition coefficient (Wildman–Crippen LogP) is 4.08. The number of anilines is 1. The fraction of sp³-hybridized carbons (Fsp3) is 0.393. The minimum absolute atomic E-state index is 0.0275. The number of carbonyl (C=O) groups is 3. The van der Waals surface area contributed by atoms with Crippen molar-refractivity contribution in [2.24, 2.45) is 0 Å². The SMILES string of the molecule is C=CCOC(=O)NS(=O)(=O)N(CC(=O)OC)c1c(OCc2ccccc2)cc2c(c1F)C[C@H](NC(=O)OC(C)(C)C)CS2. The Bertz CT molecular complexity index is 1450. The van der Waals surface area contributed by atoms with Gasteiger partial charge < -0.3 is 24.3 Å². The van der Waals surface area contributed by atoms with Crippen molar-refractivity contribution >= 4 is 45.8 Å². The van der Waals surface area contributed by atoms with Gasteiger partial charge in [0.25, 0.3) is 0 Å². The van der Waals surface area contributed by atoms with E-state index >= 15 is 4.39 Å². The molecule has 12 nitrogen and oxygen atoms in total. The highest BCUT2D eigenvalue weighted by Gasteiger charge is 2.36. The predicted molar refractivity (Wildman–Crippen MR) is 158 cm³/mol. The van der Waals surface area contributed by atoms with E-state index in [-0.39, 0.29) is 30.9 Å². The molecule has 0 aliphatic carbocycles. The van der Waals surface area contributed by atoms with Crippen LogP contribution in [0.2, 0.25) is 0 Å². The van der Waals surface area contributed by atoms with E-state index in [1.54, 1.807) is 55.8 Å². The summed E-state index contributed by atoms with van der Waals surface area (Å²) >= 11 is 1.22. The van der Waals surface area contributed by atoms with Crippen LogP contribution in [-0.4, -0.2) is 64.2 Å². The zero-order valence-electron chi connectivity index (χ0n) is 24.2. The first-order valence-electron chi connectivity index (χ1n) is 13.0. The summed E-state index contributed by atoms with van der Waals surface area (Å²) in [5, 5.41) is 2.70. The molecule has 234 valence electrons. The Balaban J connectivity index is 2.08. The van der Waals surface area contributed by atoms with Gasteiger partial charge in [0, 0.05) is 22.3 Å². The third-order valence-corrected chi connectivity index (χ3v) is 8.26. The highest BCUT2D eigenvalue weighted by Crippen LogP contribution is 2.43. The van der Waals surface area contributed by atoms with E-state index in [2.05, 4.69) is 16.6 Å². The first-order chi connectivity index (χ1) is 20.2. The van der Waals surface area contributed by atoms with Crippen LogP contribution in [0.15, 0.2) is 53.9 Å². The standard InChI is InChI=1S/C28H34FN3O9S2/c1-6-12-39-27(35)31-43(36,37)32(15-23(33)38-5)25-21(40-16-18-10-8-7-9-11-18)14-22-20(24(25)29)13-19(17-42-22)30-26(34)41-28(2,3)4/h6-11,14,19H,1,12-13,15-17H2,2-5H3,(H,30,34)(H,31,35)/t19-/m0/s1. The highest BCUT2D eigenvalue weighted by molar-refractivity contribution is 7.99. The summed E-state index contributed by atoms with van der Waals surface area (Å²) in [4.78, 5) is 37.4. The van der Waals surface area contributed by atoms with Gasteiger partial charge in [0.2, 0.25) is 0 Å². The molecule has 0 bridgehead atoms. The van der Waals surface area contributed by atoms with Crippen LogP contribution < -0.4 is 19.1 Å². The number of benzene rings is 2. The second-order valence-electron chi connectivity index (χ2n) is 10.2. The lowest BCUT2D eigenvalue weighted by molar-refractivity contribution is -0.138. The van der Waals surface area contributed by atoms with Gasteiger partial charge in [0.05, 0.1) is 7.11 Å². The van der Waals surface area contributed by atoms with Gasteiger partial charge in [-0.25, -0.2) is 23.0 Å². The minimum atomic E-state index is -4.96. The smallest absolute Gasteiger partial charge is 0.422 e. The maximum atomic E-state index is 16.5. The van der Waals surface area contributed by atoms with E-state index in [9.17, 15) is 22.8 Å². The number of rotatable bonds is 11. The summed E-state index contributed by atoms with van der Waals surface area (Å²) in [6.07, 6.45) is -0.879. The zero-order valence-corrected chi connectivity index (χ0v) is 25.8.